The van der Waals surface area contributed by atoms with Gasteiger partial charge in [-0.2, -0.15) is 0 Å². The van der Waals surface area contributed by atoms with Crippen LogP contribution < -0.4 is 15.1 Å². The van der Waals surface area contributed by atoms with E-state index in [9.17, 15) is 18.8 Å². The van der Waals surface area contributed by atoms with Gasteiger partial charge in [-0.25, -0.2) is 9.18 Å². The number of nitrogens with zero attached hydrogens (tertiary/aromatic N) is 2. The van der Waals surface area contributed by atoms with Gasteiger partial charge in [-0.15, -0.1) is 0 Å². The zero-order valence-electron chi connectivity index (χ0n) is 17.9. The number of alkyl carbamates (subject to hydrolysis) is 1. The number of nitrogens with one attached hydrogen (secondary N) is 1. The number of methoxy groups -OCH3 is 1. The van der Waals surface area contributed by atoms with Gasteiger partial charge in [0.05, 0.1) is 12.8 Å². The Hall–Kier alpha value is -3.42. The van der Waals surface area contributed by atoms with Gasteiger partial charge in [0, 0.05) is 17.3 Å². The second-order valence-electron chi connectivity index (χ2n) is 8.02. The Labute approximate surface area is 186 Å². The maximum absolute atomic E-state index is 14.8. The molecule has 0 spiro atoms. The van der Waals surface area contributed by atoms with Gasteiger partial charge in [-0.1, -0.05) is 49.6 Å². The second kappa shape index (κ2) is 9.38. The first-order valence-electron chi connectivity index (χ1n) is 10.8. The summed E-state index contributed by atoms with van der Waals surface area (Å²) in [6.07, 6.45) is 4.23. The average Bonchev–Trinajstić information content (AvgIpc) is 3.11. The van der Waals surface area contributed by atoms with Gasteiger partial charge in [0.1, 0.15) is 18.4 Å². The smallest absolute Gasteiger partial charge is 0.407 e. The molecule has 2 aromatic rings. The van der Waals surface area contributed by atoms with E-state index in [0.717, 1.165) is 42.7 Å². The summed E-state index contributed by atoms with van der Waals surface area (Å²) in [4.78, 5) is 41.5. The molecule has 1 fully saturated rings. The summed E-state index contributed by atoms with van der Waals surface area (Å²) in [6.45, 7) is -0.434. The predicted molar refractivity (Wildman–Crippen MR) is 118 cm³/mol. The fraction of sp³-hybridized carbons (Fsp3) is 0.375. The predicted octanol–water partition coefficient (Wildman–Crippen LogP) is 3.94. The lowest BCUT2D eigenvalue weighted by Gasteiger charge is -2.33. The molecule has 3 amide bonds. The highest BCUT2D eigenvalue weighted by Gasteiger charge is 2.46. The van der Waals surface area contributed by atoms with Crippen LogP contribution in [0.3, 0.4) is 0 Å². The molecule has 1 aliphatic heterocycles. The normalized spacial score (nSPS) is 18.2. The molecular formula is C24H26FN3O4. The van der Waals surface area contributed by atoms with Crippen LogP contribution in [0.5, 0.6) is 0 Å². The summed E-state index contributed by atoms with van der Waals surface area (Å²) >= 11 is 0. The number of anilines is 2. The Morgan fingerprint density at radius 3 is 2.50 bits per heavy atom. The van der Waals surface area contributed by atoms with Crippen LogP contribution in [0.15, 0.2) is 48.5 Å². The van der Waals surface area contributed by atoms with Crippen molar-refractivity contribution in [3.8, 4) is 0 Å². The van der Waals surface area contributed by atoms with E-state index in [0.29, 0.717) is 5.56 Å². The molecule has 1 heterocycles. The van der Waals surface area contributed by atoms with Gasteiger partial charge in [0.15, 0.2) is 0 Å². The van der Waals surface area contributed by atoms with Crippen LogP contribution in [0.2, 0.25) is 0 Å². The Balaban J connectivity index is 1.76. The number of para-hydroxylation sites is 2. The molecule has 1 atom stereocenters. The standard InChI is InChI=1S/C24H26FN3O4/c1-32-24(31)26-15-21(29)28(20-14-8-6-12-18(20)25)22-17-11-5-7-13-19(17)27(23(22)30)16-9-3-2-4-10-16/h5-8,11-14,16,22H,2-4,9-10,15H2,1H3,(H,26,31). The molecular weight excluding hydrogens is 413 g/mol. The lowest BCUT2D eigenvalue weighted by Crippen LogP contribution is -2.48. The lowest BCUT2D eigenvalue weighted by molar-refractivity contribution is -0.124. The molecule has 0 bridgehead atoms. The third-order valence-corrected chi connectivity index (χ3v) is 6.11. The largest absolute Gasteiger partial charge is 0.453 e. The maximum atomic E-state index is 14.8. The first-order chi connectivity index (χ1) is 15.5. The molecule has 2 aliphatic rings. The van der Waals surface area contributed by atoms with Gasteiger partial charge < -0.3 is 15.0 Å². The van der Waals surface area contributed by atoms with Crippen LogP contribution in [0.1, 0.15) is 43.7 Å². The van der Waals surface area contributed by atoms with Crippen LogP contribution in [0.25, 0.3) is 0 Å². The molecule has 1 N–H and O–H groups in total. The van der Waals surface area contributed by atoms with E-state index < -0.39 is 30.4 Å². The van der Waals surface area contributed by atoms with Crippen molar-refractivity contribution in [1.82, 2.24) is 5.32 Å². The molecule has 2 aromatic carbocycles. The third-order valence-electron chi connectivity index (χ3n) is 6.11. The number of ether oxygens (including phenoxy) is 1. The van der Waals surface area contributed by atoms with Crippen LogP contribution in [0, 0.1) is 5.82 Å². The van der Waals surface area contributed by atoms with Crippen molar-refractivity contribution in [2.24, 2.45) is 0 Å². The Bertz CT molecular complexity index is 1020. The fourth-order valence-corrected chi connectivity index (χ4v) is 4.66. The summed E-state index contributed by atoms with van der Waals surface area (Å²) in [5.74, 6) is -1.49. The van der Waals surface area contributed by atoms with Crippen molar-refractivity contribution >= 4 is 29.3 Å². The number of benzene rings is 2. The molecule has 4 rings (SSSR count). The lowest BCUT2D eigenvalue weighted by atomic mass is 9.94. The van der Waals surface area contributed by atoms with Crippen molar-refractivity contribution < 1.29 is 23.5 Å². The van der Waals surface area contributed by atoms with Crippen LogP contribution >= 0.6 is 0 Å². The molecule has 168 valence electrons. The number of hydrogen-bond donors (Lipinski definition) is 1. The van der Waals surface area contributed by atoms with Crippen molar-refractivity contribution in [2.75, 3.05) is 23.5 Å². The number of hydrogen-bond acceptors (Lipinski definition) is 4. The molecule has 8 heteroatoms. The number of carbonyl (C=O) groups is 3. The van der Waals surface area contributed by atoms with Gasteiger partial charge in [0.2, 0.25) is 5.91 Å². The SMILES string of the molecule is COC(=O)NCC(=O)N(c1ccccc1F)C1C(=O)N(C2CCCCC2)c2ccccc21. The van der Waals surface area contributed by atoms with Crippen molar-refractivity contribution in [1.29, 1.82) is 0 Å². The number of carbonyl (C=O) groups excluding carboxylic acids is 3. The van der Waals surface area contributed by atoms with E-state index >= 15 is 0 Å². The van der Waals surface area contributed by atoms with E-state index in [1.807, 2.05) is 12.1 Å². The van der Waals surface area contributed by atoms with Crippen molar-refractivity contribution in [3.05, 3.63) is 59.9 Å². The molecule has 0 aromatic heterocycles. The molecule has 0 saturated heterocycles. The highest BCUT2D eigenvalue weighted by molar-refractivity contribution is 6.12. The summed E-state index contributed by atoms with van der Waals surface area (Å²) in [6, 6.07) is 12.2. The zero-order valence-corrected chi connectivity index (χ0v) is 17.9. The highest BCUT2D eigenvalue weighted by atomic mass is 19.1. The van der Waals surface area contributed by atoms with Crippen LogP contribution in [-0.2, 0) is 14.3 Å². The minimum atomic E-state index is -1.02. The van der Waals surface area contributed by atoms with Gasteiger partial charge in [-0.05, 0) is 31.0 Å². The number of fused-ring (bicyclic) bond motifs is 1. The van der Waals surface area contributed by atoms with Crippen LogP contribution in [-0.4, -0.2) is 37.6 Å². The Morgan fingerprint density at radius 1 is 1.09 bits per heavy atom. The minimum Gasteiger partial charge on any atom is -0.453 e. The monoisotopic (exact) mass is 439 g/mol. The number of amides is 3. The van der Waals surface area contributed by atoms with Crippen LogP contribution in [0.4, 0.5) is 20.6 Å². The third kappa shape index (κ3) is 4.04. The van der Waals surface area contributed by atoms with Crippen molar-refractivity contribution in [3.63, 3.8) is 0 Å². The van der Waals surface area contributed by atoms with E-state index in [1.165, 1.54) is 25.3 Å². The quantitative estimate of drug-likeness (QED) is 0.766. The van der Waals surface area contributed by atoms with Gasteiger partial charge in [-0.3, -0.25) is 14.5 Å². The minimum absolute atomic E-state index is 0.0113. The molecule has 1 saturated carbocycles. The first-order valence-corrected chi connectivity index (χ1v) is 10.8. The summed E-state index contributed by atoms with van der Waals surface area (Å²) in [5.41, 5.74) is 1.39. The van der Waals surface area contributed by atoms with Gasteiger partial charge in [0.25, 0.3) is 5.91 Å². The summed E-state index contributed by atoms with van der Waals surface area (Å²) in [5, 5.41) is 2.34. The second-order valence-corrected chi connectivity index (χ2v) is 8.02. The van der Waals surface area contributed by atoms with E-state index in [1.54, 1.807) is 23.1 Å². The fourth-order valence-electron chi connectivity index (χ4n) is 4.66. The van der Waals surface area contributed by atoms with E-state index in [4.69, 9.17) is 0 Å². The topological polar surface area (TPSA) is 79.0 Å². The Kier molecular flexibility index (Phi) is 6.39. The molecule has 0 radical (unpaired) electrons. The number of halogens is 1. The molecule has 1 unspecified atom stereocenters. The highest BCUT2D eigenvalue weighted by Crippen LogP contribution is 2.44. The molecule has 1 aliphatic carbocycles. The Morgan fingerprint density at radius 2 is 1.78 bits per heavy atom. The van der Waals surface area contributed by atoms with E-state index in [-0.39, 0.29) is 17.6 Å². The summed E-state index contributed by atoms with van der Waals surface area (Å²) in [7, 11) is 1.19. The molecule has 32 heavy (non-hydrogen) atoms. The number of rotatable bonds is 5. The average molecular weight is 439 g/mol. The zero-order chi connectivity index (χ0) is 22.7. The summed E-state index contributed by atoms with van der Waals surface area (Å²) < 4.78 is 19.4. The first kappa shape index (κ1) is 21.8. The maximum Gasteiger partial charge on any atom is 0.407 e. The van der Waals surface area contributed by atoms with Gasteiger partial charge >= 0.3 is 6.09 Å². The molecule has 7 nitrogen and oxygen atoms in total. The van der Waals surface area contributed by atoms with E-state index in [2.05, 4.69) is 10.1 Å². The van der Waals surface area contributed by atoms with Crippen molar-refractivity contribution in [2.45, 2.75) is 44.2 Å².